The lowest BCUT2D eigenvalue weighted by Crippen LogP contribution is -2.50. The highest BCUT2D eigenvalue weighted by molar-refractivity contribution is 5.94. The molecule has 0 aliphatic carbocycles. The quantitative estimate of drug-likeness (QED) is 0.830. The zero-order chi connectivity index (χ0) is 15.1. The number of amides is 1. The maximum Gasteiger partial charge on any atom is 0.251 e. The Labute approximate surface area is 125 Å². The summed E-state index contributed by atoms with van der Waals surface area (Å²) < 4.78 is 11.3. The normalized spacial score (nSPS) is 22.2. The Morgan fingerprint density at radius 1 is 1.48 bits per heavy atom. The minimum absolute atomic E-state index is 0.0124. The van der Waals surface area contributed by atoms with Gasteiger partial charge in [0, 0.05) is 31.1 Å². The fourth-order valence-electron chi connectivity index (χ4n) is 2.18. The average Bonchev–Trinajstić information content (AvgIpc) is 2.49. The monoisotopic (exact) mass is 293 g/mol. The standard InChI is InChI=1S/C15H23N3O3/c1-18(2)8-10-21-14-11-20-9-5-13(14)17-15(19)12-3-6-16-7-4-12/h3-4,6-7,13-14H,5,8-11H2,1-2H3,(H,17,19)/t13-,14-/m1/s1. The molecule has 0 spiro atoms. The maximum absolute atomic E-state index is 12.2. The number of likely N-dealkylation sites (N-methyl/N-ethyl adjacent to an activating group) is 1. The summed E-state index contributed by atoms with van der Waals surface area (Å²) in [5.41, 5.74) is 0.614. The molecule has 6 heteroatoms. The molecule has 1 aliphatic rings. The van der Waals surface area contributed by atoms with E-state index in [1.54, 1.807) is 24.5 Å². The molecule has 0 bridgehead atoms. The van der Waals surface area contributed by atoms with Crippen molar-refractivity contribution in [3.63, 3.8) is 0 Å². The Balaban J connectivity index is 1.88. The van der Waals surface area contributed by atoms with Gasteiger partial charge >= 0.3 is 0 Å². The summed E-state index contributed by atoms with van der Waals surface area (Å²) in [5, 5.41) is 3.04. The molecule has 1 aliphatic heterocycles. The molecule has 1 fully saturated rings. The van der Waals surface area contributed by atoms with Crippen LogP contribution in [0, 0.1) is 0 Å². The van der Waals surface area contributed by atoms with E-state index < -0.39 is 0 Å². The molecular formula is C15H23N3O3. The van der Waals surface area contributed by atoms with Crippen LogP contribution in [0.3, 0.4) is 0 Å². The predicted octanol–water partition coefficient (Wildman–Crippen LogP) is 0.547. The Morgan fingerprint density at radius 3 is 2.95 bits per heavy atom. The molecule has 6 nitrogen and oxygen atoms in total. The summed E-state index contributed by atoms with van der Waals surface area (Å²) in [5.74, 6) is -0.0921. The van der Waals surface area contributed by atoms with Gasteiger partial charge < -0.3 is 19.7 Å². The number of carbonyl (C=O) groups excluding carboxylic acids is 1. The van der Waals surface area contributed by atoms with Crippen LogP contribution < -0.4 is 5.32 Å². The van der Waals surface area contributed by atoms with Crippen LogP contribution in [0.5, 0.6) is 0 Å². The summed E-state index contributed by atoms with van der Waals surface area (Å²) in [6.45, 7) is 2.65. The van der Waals surface area contributed by atoms with Gasteiger partial charge in [-0.15, -0.1) is 0 Å². The highest BCUT2D eigenvalue weighted by Crippen LogP contribution is 2.12. The molecule has 2 heterocycles. The topological polar surface area (TPSA) is 63.7 Å². The third kappa shape index (κ3) is 5.08. The van der Waals surface area contributed by atoms with Crippen LogP contribution in [-0.2, 0) is 9.47 Å². The third-order valence-corrected chi connectivity index (χ3v) is 3.43. The number of hydrogen-bond donors (Lipinski definition) is 1. The van der Waals surface area contributed by atoms with Crippen molar-refractivity contribution in [3.05, 3.63) is 30.1 Å². The van der Waals surface area contributed by atoms with Crippen molar-refractivity contribution in [1.82, 2.24) is 15.2 Å². The number of aromatic nitrogens is 1. The first-order valence-corrected chi connectivity index (χ1v) is 7.22. The molecule has 2 rings (SSSR count). The maximum atomic E-state index is 12.2. The summed E-state index contributed by atoms with van der Waals surface area (Å²) in [6.07, 6.45) is 3.90. The molecule has 1 aromatic rings. The van der Waals surface area contributed by atoms with Crippen LogP contribution in [0.1, 0.15) is 16.8 Å². The average molecular weight is 293 g/mol. The molecule has 0 unspecified atom stereocenters. The molecule has 1 N–H and O–H groups in total. The Morgan fingerprint density at radius 2 is 2.24 bits per heavy atom. The smallest absolute Gasteiger partial charge is 0.251 e. The van der Waals surface area contributed by atoms with Gasteiger partial charge in [-0.05, 0) is 32.6 Å². The van der Waals surface area contributed by atoms with E-state index in [4.69, 9.17) is 9.47 Å². The number of rotatable bonds is 6. The van der Waals surface area contributed by atoms with Crippen LogP contribution in [0.15, 0.2) is 24.5 Å². The first-order valence-electron chi connectivity index (χ1n) is 7.22. The van der Waals surface area contributed by atoms with Crippen molar-refractivity contribution in [2.24, 2.45) is 0 Å². The summed E-state index contributed by atoms with van der Waals surface area (Å²) in [6, 6.07) is 3.40. The van der Waals surface area contributed by atoms with Crippen molar-refractivity contribution in [2.45, 2.75) is 18.6 Å². The molecule has 0 aromatic carbocycles. The van der Waals surface area contributed by atoms with E-state index in [0.29, 0.717) is 25.4 Å². The minimum Gasteiger partial charge on any atom is -0.379 e. The first-order chi connectivity index (χ1) is 10.2. The highest BCUT2D eigenvalue weighted by Gasteiger charge is 2.28. The summed E-state index contributed by atoms with van der Waals surface area (Å²) >= 11 is 0. The van der Waals surface area contributed by atoms with Gasteiger partial charge in [0.15, 0.2) is 0 Å². The number of ether oxygens (including phenoxy) is 2. The van der Waals surface area contributed by atoms with E-state index in [2.05, 4.69) is 15.2 Å². The van der Waals surface area contributed by atoms with Gasteiger partial charge in [-0.2, -0.15) is 0 Å². The van der Waals surface area contributed by atoms with Gasteiger partial charge in [-0.1, -0.05) is 0 Å². The van der Waals surface area contributed by atoms with E-state index >= 15 is 0 Å². The van der Waals surface area contributed by atoms with Gasteiger partial charge in [0.25, 0.3) is 5.91 Å². The number of nitrogens with zero attached hydrogens (tertiary/aromatic N) is 2. The molecule has 2 atom stereocenters. The lowest BCUT2D eigenvalue weighted by Gasteiger charge is -2.32. The molecule has 0 radical (unpaired) electrons. The number of pyridine rings is 1. The second kappa shape index (κ2) is 8.07. The van der Waals surface area contributed by atoms with Crippen LogP contribution in [0.2, 0.25) is 0 Å². The lowest BCUT2D eigenvalue weighted by atomic mass is 10.1. The molecule has 0 saturated carbocycles. The zero-order valence-corrected chi connectivity index (χ0v) is 12.6. The first kappa shape index (κ1) is 15.9. The van der Waals surface area contributed by atoms with Crippen molar-refractivity contribution >= 4 is 5.91 Å². The van der Waals surface area contributed by atoms with E-state index in [0.717, 1.165) is 13.0 Å². The molecule has 1 aromatic heterocycles. The molecule has 21 heavy (non-hydrogen) atoms. The van der Waals surface area contributed by atoms with Gasteiger partial charge in [0.2, 0.25) is 0 Å². The third-order valence-electron chi connectivity index (χ3n) is 3.43. The fraction of sp³-hybridized carbons (Fsp3) is 0.600. The Kier molecular flexibility index (Phi) is 6.10. The fourth-order valence-corrected chi connectivity index (χ4v) is 2.18. The number of nitrogens with one attached hydrogen (secondary N) is 1. The van der Waals surface area contributed by atoms with E-state index in [1.165, 1.54) is 0 Å². The van der Waals surface area contributed by atoms with E-state index in [1.807, 2.05) is 14.1 Å². The van der Waals surface area contributed by atoms with Gasteiger partial charge in [-0.25, -0.2) is 0 Å². The van der Waals surface area contributed by atoms with Gasteiger partial charge in [0.05, 0.1) is 19.3 Å². The molecule has 1 amide bonds. The van der Waals surface area contributed by atoms with Crippen molar-refractivity contribution in [3.8, 4) is 0 Å². The van der Waals surface area contributed by atoms with Gasteiger partial charge in [-0.3, -0.25) is 9.78 Å². The zero-order valence-electron chi connectivity index (χ0n) is 12.6. The number of hydrogen-bond acceptors (Lipinski definition) is 5. The van der Waals surface area contributed by atoms with Crippen LogP contribution in [0.4, 0.5) is 0 Å². The Bertz CT molecular complexity index is 439. The number of carbonyl (C=O) groups is 1. The van der Waals surface area contributed by atoms with Crippen molar-refractivity contribution in [2.75, 3.05) is 40.5 Å². The van der Waals surface area contributed by atoms with E-state index in [9.17, 15) is 4.79 Å². The van der Waals surface area contributed by atoms with Crippen molar-refractivity contribution < 1.29 is 14.3 Å². The predicted molar refractivity (Wildman–Crippen MR) is 79.2 cm³/mol. The lowest BCUT2D eigenvalue weighted by molar-refractivity contribution is -0.0690. The van der Waals surface area contributed by atoms with Gasteiger partial charge in [0.1, 0.15) is 6.10 Å². The second-order valence-corrected chi connectivity index (χ2v) is 5.39. The summed E-state index contributed by atoms with van der Waals surface area (Å²) in [7, 11) is 4.01. The minimum atomic E-state index is -0.0931. The van der Waals surface area contributed by atoms with Crippen LogP contribution >= 0.6 is 0 Å². The van der Waals surface area contributed by atoms with Crippen LogP contribution in [-0.4, -0.2) is 68.4 Å². The van der Waals surface area contributed by atoms with Crippen LogP contribution in [0.25, 0.3) is 0 Å². The van der Waals surface area contributed by atoms with E-state index in [-0.39, 0.29) is 18.1 Å². The molecule has 1 saturated heterocycles. The second-order valence-electron chi connectivity index (χ2n) is 5.39. The van der Waals surface area contributed by atoms with Crippen molar-refractivity contribution in [1.29, 1.82) is 0 Å². The largest absolute Gasteiger partial charge is 0.379 e. The summed E-state index contributed by atoms with van der Waals surface area (Å²) in [4.78, 5) is 18.2. The highest BCUT2D eigenvalue weighted by atomic mass is 16.5. The molecule has 116 valence electrons. The Hall–Kier alpha value is -1.50. The SMILES string of the molecule is CN(C)CCO[C@@H]1COCC[C@H]1NC(=O)c1ccncc1. The molecular weight excluding hydrogens is 270 g/mol.